The number of nitro benzene ring substituents is 1. The largest absolute Gasteiger partial charge is 0.310 e. The molecule has 1 saturated carbocycles. The predicted molar refractivity (Wildman–Crippen MR) is 66.9 cm³/mol. The molecule has 1 aliphatic carbocycles. The molecule has 0 amide bonds. The van der Waals surface area contributed by atoms with Gasteiger partial charge in [-0.3, -0.25) is 10.1 Å². The highest BCUT2D eigenvalue weighted by atomic mass is 16.6. The summed E-state index contributed by atoms with van der Waals surface area (Å²) in [6.45, 7) is 4.73. The average Bonchev–Trinajstić information content (AvgIpc) is 2.24. The Morgan fingerprint density at radius 3 is 2.76 bits per heavy atom. The van der Waals surface area contributed by atoms with Crippen LogP contribution in [0.1, 0.15) is 30.9 Å². The van der Waals surface area contributed by atoms with Crippen LogP contribution in [0.2, 0.25) is 0 Å². The van der Waals surface area contributed by atoms with Gasteiger partial charge in [-0.25, -0.2) is 0 Å². The van der Waals surface area contributed by atoms with Crippen LogP contribution in [0.15, 0.2) is 18.2 Å². The third-order valence-electron chi connectivity index (χ3n) is 3.44. The van der Waals surface area contributed by atoms with Crippen molar-refractivity contribution in [1.82, 2.24) is 5.32 Å². The molecule has 2 rings (SSSR count). The van der Waals surface area contributed by atoms with Crippen molar-refractivity contribution < 1.29 is 4.92 Å². The van der Waals surface area contributed by atoms with Crippen LogP contribution in [0.3, 0.4) is 0 Å². The van der Waals surface area contributed by atoms with Crippen LogP contribution in [0, 0.1) is 23.0 Å². The molecule has 1 aliphatic rings. The SMILES string of the molecule is Cc1ccc(CNC2CC(C)C2)cc1[N+](=O)[O-]. The molecule has 92 valence electrons. The van der Waals surface area contributed by atoms with Crippen molar-refractivity contribution in [2.24, 2.45) is 5.92 Å². The maximum absolute atomic E-state index is 10.8. The lowest BCUT2D eigenvalue weighted by molar-refractivity contribution is -0.385. The van der Waals surface area contributed by atoms with Crippen LogP contribution in [0.4, 0.5) is 5.69 Å². The Morgan fingerprint density at radius 2 is 2.18 bits per heavy atom. The molecule has 1 N–H and O–H groups in total. The van der Waals surface area contributed by atoms with Gasteiger partial charge in [0.25, 0.3) is 5.69 Å². The molecule has 4 nitrogen and oxygen atoms in total. The van der Waals surface area contributed by atoms with E-state index in [0.29, 0.717) is 6.04 Å². The fourth-order valence-corrected chi connectivity index (χ4v) is 2.29. The van der Waals surface area contributed by atoms with Gasteiger partial charge in [0.1, 0.15) is 0 Å². The smallest absolute Gasteiger partial charge is 0.272 e. The highest BCUT2D eigenvalue weighted by Gasteiger charge is 2.24. The second-order valence-corrected chi connectivity index (χ2v) is 5.03. The first-order valence-electron chi connectivity index (χ1n) is 6.03. The first-order valence-corrected chi connectivity index (χ1v) is 6.03. The van der Waals surface area contributed by atoms with Gasteiger partial charge in [0.05, 0.1) is 4.92 Å². The fourth-order valence-electron chi connectivity index (χ4n) is 2.29. The van der Waals surface area contributed by atoms with E-state index in [9.17, 15) is 10.1 Å². The summed E-state index contributed by atoms with van der Waals surface area (Å²) in [6, 6.07) is 6.03. The Morgan fingerprint density at radius 1 is 1.47 bits per heavy atom. The number of nitrogens with zero attached hydrogens (tertiary/aromatic N) is 1. The van der Waals surface area contributed by atoms with E-state index in [2.05, 4.69) is 12.2 Å². The number of rotatable bonds is 4. The summed E-state index contributed by atoms with van der Waals surface area (Å²) in [5.41, 5.74) is 1.92. The zero-order chi connectivity index (χ0) is 12.4. The molecule has 1 aromatic carbocycles. The van der Waals surface area contributed by atoms with E-state index >= 15 is 0 Å². The third kappa shape index (κ3) is 2.82. The first-order chi connectivity index (χ1) is 8.06. The zero-order valence-electron chi connectivity index (χ0n) is 10.3. The van der Waals surface area contributed by atoms with Crippen LogP contribution in [0.5, 0.6) is 0 Å². The Balaban J connectivity index is 1.97. The van der Waals surface area contributed by atoms with Gasteiger partial charge in [-0.15, -0.1) is 0 Å². The van der Waals surface area contributed by atoms with Gasteiger partial charge in [-0.05, 0) is 31.2 Å². The van der Waals surface area contributed by atoms with E-state index in [1.165, 1.54) is 12.8 Å². The Bertz CT molecular complexity index is 425. The van der Waals surface area contributed by atoms with E-state index in [4.69, 9.17) is 0 Å². The molecular weight excluding hydrogens is 216 g/mol. The maximum atomic E-state index is 10.8. The summed E-state index contributed by atoms with van der Waals surface area (Å²) in [6.07, 6.45) is 2.43. The van der Waals surface area contributed by atoms with Crippen LogP contribution in [-0.2, 0) is 6.54 Å². The van der Waals surface area contributed by atoms with Crippen LogP contribution >= 0.6 is 0 Å². The van der Waals surface area contributed by atoms with Crippen molar-refractivity contribution in [1.29, 1.82) is 0 Å². The van der Waals surface area contributed by atoms with E-state index < -0.39 is 0 Å². The van der Waals surface area contributed by atoms with Crippen molar-refractivity contribution in [2.45, 2.75) is 39.3 Å². The van der Waals surface area contributed by atoms with Gasteiger partial charge in [0, 0.05) is 24.2 Å². The minimum absolute atomic E-state index is 0.214. The van der Waals surface area contributed by atoms with Gasteiger partial charge in [0.2, 0.25) is 0 Å². The quantitative estimate of drug-likeness (QED) is 0.643. The lowest BCUT2D eigenvalue weighted by Gasteiger charge is -2.33. The third-order valence-corrected chi connectivity index (χ3v) is 3.44. The normalized spacial score (nSPS) is 23.2. The maximum Gasteiger partial charge on any atom is 0.272 e. The molecule has 0 spiro atoms. The summed E-state index contributed by atoms with van der Waals surface area (Å²) >= 11 is 0. The topological polar surface area (TPSA) is 55.2 Å². The van der Waals surface area contributed by atoms with Crippen LogP contribution in [-0.4, -0.2) is 11.0 Å². The van der Waals surface area contributed by atoms with E-state index in [-0.39, 0.29) is 10.6 Å². The number of hydrogen-bond donors (Lipinski definition) is 1. The number of nitrogens with one attached hydrogen (secondary N) is 1. The van der Waals surface area contributed by atoms with Gasteiger partial charge in [0.15, 0.2) is 0 Å². The summed E-state index contributed by atoms with van der Waals surface area (Å²) in [5.74, 6) is 0.819. The van der Waals surface area contributed by atoms with E-state index in [0.717, 1.165) is 23.6 Å². The predicted octanol–water partition coefficient (Wildman–Crippen LogP) is 2.79. The number of benzene rings is 1. The molecule has 0 radical (unpaired) electrons. The van der Waals surface area contributed by atoms with Gasteiger partial charge >= 0.3 is 0 Å². The Hall–Kier alpha value is -1.42. The molecule has 1 fully saturated rings. The second-order valence-electron chi connectivity index (χ2n) is 5.03. The highest BCUT2D eigenvalue weighted by Crippen LogP contribution is 2.27. The molecule has 17 heavy (non-hydrogen) atoms. The lowest BCUT2D eigenvalue weighted by atomic mass is 9.82. The number of hydrogen-bond acceptors (Lipinski definition) is 3. The van der Waals surface area contributed by atoms with Gasteiger partial charge in [-0.2, -0.15) is 0 Å². The van der Waals surface area contributed by atoms with Crippen molar-refractivity contribution in [3.8, 4) is 0 Å². The molecule has 0 unspecified atom stereocenters. The van der Waals surface area contributed by atoms with E-state index in [1.807, 2.05) is 12.1 Å². The summed E-state index contributed by atoms with van der Waals surface area (Å²) in [4.78, 5) is 10.5. The van der Waals surface area contributed by atoms with Crippen LogP contribution < -0.4 is 5.32 Å². The minimum Gasteiger partial charge on any atom is -0.310 e. The molecule has 1 aromatic rings. The minimum atomic E-state index is -0.315. The molecule has 0 bridgehead atoms. The Kier molecular flexibility index (Phi) is 3.43. The van der Waals surface area contributed by atoms with Crippen LogP contribution in [0.25, 0.3) is 0 Å². The summed E-state index contributed by atoms with van der Waals surface area (Å²) in [7, 11) is 0. The van der Waals surface area contributed by atoms with Gasteiger partial charge in [-0.1, -0.05) is 19.1 Å². The molecule has 0 atom stereocenters. The first kappa shape index (κ1) is 12.0. The Labute approximate surface area is 101 Å². The molecule has 0 heterocycles. The number of aryl methyl sites for hydroxylation is 1. The average molecular weight is 234 g/mol. The zero-order valence-corrected chi connectivity index (χ0v) is 10.3. The highest BCUT2D eigenvalue weighted by molar-refractivity contribution is 5.42. The second kappa shape index (κ2) is 4.84. The standard InChI is InChI=1S/C13H18N2O2/c1-9-5-12(6-9)14-8-11-4-3-10(2)13(7-11)15(16)17/h3-4,7,9,12,14H,5-6,8H2,1-2H3. The number of nitro groups is 1. The van der Waals surface area contributed by atoms with Crippen molar-refractivity contribution in [3.63, 3.8) is 0 Å². The molecule has 4 heteroatoms. The van der Waals surface area contributed by atoms with Crippen molar-refractivity contribution >= 4 is 5.69 Å². The fraction of sp³-hybridized carbons (Fsp3) is 0.538. The van der Waals surface area contributed by atoms with E-state index in [1.54, 1.807) is 13.0 Å². The monoisotopic (exact) mass is 234 g/mol. The summed E-state index contributed by atoms with van der Waals surface area (Å²) < 4.78 is 0. The van der Waals surface area contributed by atoms with Gasteiger partial charge < -0.3 is 5.32 Å². The lowest BCUT2D eigenvalue weighted by Crippen LogP contribution is -2.39. The van der Waals surface area contributed by atoms with Crippen molar-refractivity contribution in [3.05, 3.63) is 39.4 Å². The van der Waals surface area contributed by atoms with Crippen molar-refractivity contribution in [2.75, 3.05) is 0 Å². The molecule has 0 saturated heterocycles. The molecule has 0 aliphatic heterocycles. The summed E-state index contributed by atoms with van der Waals surface area (Å²) in [5, 5.41) is 14.2. The molecular formula is C13H18N2O2. The molecule has 0 aromatic heterocycles.